The quantitative estimate of drug-likeness (QED) is 0.590. The summed E-state index contributed by atoms with van der Waals surface area (Å²) in [7, 11) is 0. The molecule has 3 rings (SSSR count). The minimum atomic E-state index is 0.484. The van der Waals surface area contributed by atoms with Gasteiger partial charge in [-0.2, -0.15) is 14.9 Å². The van der Waals surface area contributed by atoms with E-state index in [1.165, 1.54) is 5.56 Å². The smallest absolute Gasteiger partial charge is 0.216 e. The second-order valence-corrected chi connectivity index (χ2v) is 5.58. The van der Waals surface area contributed by atoms with Crippen molar-refractivity contribution in [2.24, 2.45) is 5.10 Å². The molecule has 0 saturated carbocycles. The minimum Gasteiger partial charge on any atom is -0.250 e. The highest BCUT2D eigenvalue weighted by molar-refractivity contribution is 7.71. The maximum atomic E-state index is 5.23. The van der Waals surface area contributed by atoms with Crippen molar-refractivity contribution in [3.63, 3.8) is 0 Å². The molecule has 100 valence electrons. The first kappa shape index (κ1) is 13.0. The number of benzene rings is 1. The second-order valence-electron chi connectivity index (χ2n) is 4.24. The van der Waals surface area contributed by atoms with Gasteiger partial charge in [0, 0.05) is 0 Å². The lowest BCUT2D eigenvalue weighted by molar-refractivity contribution is 0.873. The van der Waals surface area contributed by atoms with Crippen molar-refractivity contribution in [3.05, 3.63) is 57.7 Å². The van der Waals surface area contributed by atoms with Gasteiger partial charge in [-0.25, -0.2) is 5.10 Å². The fraction of sp³-hybridized carbons (Fsp3) is 0.0714. The molecule has 2 aromatic heterocycles. The van der Waals surface area contributed by atoms with E-state index in [9.17, 15) is 0 Å². The largest absolute Gasteiger partial charge is 0.250 e. The lowest BCUT2D eigenvalue weighted by Gasteiger charge is -2.00. The Morgan fingerprint density at radius 1 is 1.30 bits per heavy atom. The minimum absolute atomic E-state index is 0.484. The van der Waals surface area contributed by atoms with Crippen molar-refractivity contribution in [1.82, 2.24) is 14.9 Å². The van der Waals surface area contributed by atoms with Crippen LogP contribution in [-0.2, 0) is 0 Å². The average molecular weight is 300 g/mol. The van der Waals surface area contributed by atoms with Gasteiger partial charge in [-0.1, -0.05) is 30.3 Å². The summed E-state index contributed by atoms with van der Waals surface area (Å²) in [5.41, 5.74) is 2.23. The van der Waals surface area contributed by atoms with Gasteiger partial charge < -0.3 is 0 Å². The average Bonchev–Trinajstić information content (AvgIpc) is 3.08. The third-order valence-electron chi connectivity index (χ3n) is 2.89. The van der Waals surface area contributed by atoms with Crippen molar-refractivity contribution in [2.45, 2.75) is 6.92 Å². The molecule has 0 aliphatic carbocycles. The number of nitrogens with one attached hydrogen (secondary N) is 1. The van der Waals surface area contributed by atoms with E-state index in [0.717, 1.165) is 16.3 Å². The first-order valence-corrected chi connectivity index (χ1v) is 7.36. The van der Waals surface area contributed by atoms with Gasteiger partial charge in [-0.15, -0.1) is 11.3 Å². The molecule has 0 spiro atoms. The van der Waals surface area contributed by atoms with Gasteiger partial charge in [0.25, 0.3) is 0 Å². The van der Waals surface area contributed by atoms with Crippen molar-refractivity contribution < 1.29 is 0 Å². The van der Waals surface area contributed by atoms with E-state index in [1.807, 2.05) is 35.7 Å². The zero-order valence-electron chi connectivity index (χ0n) is 10.8. The highest BCUT2D eigenvalue weighted by Gasteiger charge is 2.08. The van der Waals surface area contributed by atoms with E-state index < -0.39 is 0 Å². The summed E-state index contributed by atoms with van der Waals surface area (Å²) in [6.07, 6.45) is 1.80. The Morgan fingerprint density at radius 2 is 2.15 bits per heavy atom. The van der Waals surface area contributed by atoms with E-state index in [4.69, 9.17) is 12.2 Å². The van der Waals surface area contributed by atoms with Gasteiger partial charge in [0.05, 0.1) is 11.1 Å². The van der Waals surface area contributed by atoms with E-state index >= 15 is 0 Å². The molecule has 0 aliphatic rings. The number of aryl methyl sites for hydroxylation is 1. The third-order valence-corrected chi connectivity index (χ3v) is 4.02. The van der Waals surface area contributed by atoms with Crippen LogP contribution in [0.25, 0.3) is 10.7 Å². The van der Waals surface area contributed by atoms with Gasteiger partial charge in [-0.05, 0) is 41.7 Å². The van der Waals surface area contributed by atoms with Crippen LogP contribution in [0.4, 0.5) is 0 Å². The number of rotatable bonds is 3. The standard InChI is InChI=1S/C14H12N4S2/c1-10-5-2-3-6-11(10)9-15-18-13(16-17-14(18)19)12-7-4-8-20-12/h2-9H,1H3,(H,17,19)/b15-9+. The summed E-state index contributed by atoms with van der Waals surface area (Å²) >= 11 is 6.84. The molecule has 0 bridgehead atoms. The Hall–Kier alpha value is -2.05. The SMILES string of the molecule is Cc1ccccc1/C=N/n1c(-c2cccs2)n[nH]c1=S. The van der Waals surface area contributed by atoms with Crippen LogP contribution in [0.15, 0.2) is 46.9 Å². The van der Waals surface area contributed by atoms with Crippen LogP contribution in [0.3, 0.4) is 0 Å². The van der Waals surface area contributed by atoms with Gasteiger partial charge in [0.1, 0.15) is 0 Å². The fourth-order valence-electron chi connectivity index (χ4n) is 1.82. The van der Waals surface area contributed by atoms with Crippen LogP contribution in [-0.4, -0.2) is 21.1 Å². The highest BCUT2D eigenvalue weighted by atomic mass is 32.1. The number of aromatic amines is 1. The predicted octanol–water partition coefficient (Wildman–Crippen LogP) is 3.86. The van der Waals surface area contributed by atoms with E-state index in [1.54, 1.807) is 22.2 Å². The van der Waals surface area contributed by atoms with Crippen LogP contribution in [0.2, 0.25) is 0 Å². The Morgan fingerprint density at radius 3 is 2.90 bits per heavy atom. The summed E-state index contributed by atoms with van der Waals surface area (Å²) < 4.78 is 2.13. The van der Waals surface area contributed by atoms with Gasteiger partial charge in [0.2, 0.25) is 4.77 Å². The first-order chi connectivity index (χ1) is 9.75. The van der Waals surface area contributed by atoms with E-state index in [2.05, 4.69) is 28.3 Å². The van der Waals surface area contributed by atoms with Gasteiger partial charge >= 0.3 is 0 Å². The van der Waals surface area contributed by atoms with Crippen LogP contribution < -0.4 is 0 Å². The normalized spacial score (nSPS) is 11.2. The lowest BCUT2D eigenvalue weighted by atomic mass is 10.1. The molecular formula is C14H12N4S2. The summed E-state index contributed by atoms with van der Waals surface area (Å²) in [6.45, 7) is 2.05. The second kappa shape index (κ2) is 5.52. The summed E-state index contributed by atoms with van der Waals surface area (Å²) in [5.74, 6) is 0.731. The van der Waals surface area contributed by atoms with Crippen LogP contribution >= 0.6 is 23.6 Å². The predicted molar refractivity (Wildman–Crippen MR) is 84.9 cm³/mol. The van der Waals surface area contributed by atoms with Crippen molar-refractivity contribution in [3.8, 4) is 10.7 Å². The molecule has 2 heterocycles. The van der Waals surface area contributed by atoms with Crippen LogP contribution in [0.1, 0.15) is 11.1 Å². The molecule has 0 unspecified atom stereocenters. The zero-order chi connectivity index (χ0) is 13.9. The van der Waals surface area contributed by atoms with Crippen LogP contribution in [0.5, 0.6) is 0 Å². The molecule has 0 radical (unpaired) electrons. The van der Waals surface area contributed by atoms with Gasteiger partial charge in [-0.3, -0.25) is 0 Å². The highest BCUT2D eigenvalue weighted by Crippen LogP contribution is 2.22. The molecule has 0 atom stereocenters. The van der Waals surface area contributed by atoms with Crippen LogP contribution in [0, 0.1) is 11.7 Å². The molecular weight excluding hydrogens is 288 g/mol. The molecule has 3 aromatic rings. The summed E-state index contributed by atoms with van der Waals surface area (Å²) in [4.78, 5) is 1.03. The monoisotopic (exact) mass is 300 g/mol. The van der Waals surface area contributed by atoms with E-state index in [-0.39, 0.29) is 0 Å². The van der Waals surface area contributed by atoms with Gasteiger partial charge in [0.15, 0.2) is 5.82 Å². The number of hydrogen-bond donors (Lipinski definition) is 1. The fourth-order valence-corrected chi connectivity index (χ4v) is 2.69. The molecule has 1 aromatic carbocycles. The molecule has 0 fully saturated rings. The molecule has 0 aliphatic heterocycles. The number of hydrogen-bond acceptors (Lipinski definition) is 4. The molecule has 20 heavy (non-hydrogen) atoms. The molecule has 4 nitrogen and oxygen atoms in total. The number of nitrogens with zero attached hydrogens (tertiary/aromatic N) is 3. The maximum Gasteiger partial charge on any atom is 0.216 e. The molecule has 0 saturated heterocycles. The third kappa shape index (κ3) is 2.48. The number of aromatic nitrogens is 3. The molecule has 1 N–H and O–H groups in total. The topological polar surface area (TPSA) is 46.0 Å². The number of H-pyrrole nitrogens is 1. The molecule has 6 heteroatoms. The maximum absolute atomic E-state index is 5.23. The zero-order valence-corrected chi connectivity index (χ0v) is 12.4. The first-order valence-electron chi connectivity index (χ1n) is 6.07. The van der Waals surface area contributed by atoms with E-state index in [0.29, 0.717) is 4.77 Å². The Labute approximate surface area is 125 Å². The summed E-state index contributed by atoms with van der Waals surface area (Å²) in [6, 6.07) is 12.0. The summed E-state index contributed by atoms with van der Waals surface area (Å²) in [5, 5.41) is 13.5. The van der Waals surface area contributed by atoms with Crippen molar-refractivity contribution >= 4 is 29.8 Å². The lowest BCUT2D eigenvalue weighted by Crippen LogP contribution is -1.94. The molecule has 0 amide bonds. The Bertz CT molecular complexity index is 797. The Balaban J connectivity index is 2.02. The number of thiophene rings is 1. The van der Waals surface area contributed by atoms with Crippen molar-refractivity contribution in [2.75, 3.05) is 0 Å². The van der Waals surface area contributed by atoms with Crippen molar-refractivity contribution in [1.29, 1.82) is 0 Å². The Kier molecular flexibility index (Phi) is 3.58.